The van der Waals surface area contributed by atoms with E-state index in [2.05, 4.69) is 17.1 Å². The number of benzene rings is 1. The third-order valence-electron chi connectivity index (χ3n) is 3.94. The van der Waals surface area contributed by atoms with Crippen molar-refractivity contribution in [2.24, 2.45) is 0 Å². The predicted molar refractivity (Wildman–Crippen MR) is 90.3 cm³/mol. The van der Waals surface area contributed by atoms with E-state index >= 15 is 0 Å². The molecule has 3 aromatic rings. The van der Waals surface area contributed by atoms with Crippen LogP contribution in [-0.4, -0.2) is 10.2 Å². The molecule has 5 nitrogen and oxygen atoms in total. The summed E-state index contributed by atoms with van der Waals surface area (Å²) in [5, 5.41) is 10.7. The van der Waals surface area contributed by atoms with Gasteiger partial charge in [0, 0.05) is 17.0 Å². The van der Waals surface area contributed by atoms with Crippen molar-refractivity contribution in [3.8, 4) is 5.75 Å². The predicted octanol–water partition coefficient (Wildman–Crippen LogP) is 3.71. The third-order valence-corrected chi connectivity index (χ3v) is 4.75. The molecule has 0 aliphatic heterocycles. The smallest absolute Gasteiger partial charge is 0.339 e. The van der Waals surface area contributed by atoms with Crippen LogP contribution in [0.5, 0.6) is 5.75 Å². The summed E-state index contributed by atoms with van der Waals surface area (Å²) in [6.07, 6.45) is 0.831. The van der Waals surface area contributed by atoms with Gasteiger partial charge < -0.3 is 9.15 Å². The van der Waals surface area contributed by atoms with Gasteiger partial charge in [-0.1, -0.05) is 18.3 Å². The van der Waals surface area contributed by atoms with Gasteiger partial charge in [0.2, 0.25) is 0 Å². The van der Waals surface area contributed by atoms with Crippen LogP contribution in [0.25, 0.3) is 11.0 Å². The van der Waals surface area contributed by atoms with Crippen molar-refractivity contribution in [3.63, 3.8) is 0 Å². The summed E-state index contributed by atoms with van der Waals surface area (Å²) in [6, 6.07) is 3.84. The maximum Gasteiger partial charge on any atom is 0.339 e. The molecule has 0 bridgehead atoms. The lowest BCUT2D eigenvalue weighted by Crippen LogP contribution is -2.06. The largest absolute Gasteiger partial charge is 0.486 e. The van der Waals surface area contributed by atoms with Gasteiger partial charge in [-0.25, -0.2) is 4.79 Å². The number of nitrogens with zero attached hydrogens (tertiary/aromatic N) is 2. The summed E-state index contributed by atoms with van der Waals surface area (Å²) in [4.78, 5) is 11.9. The Hall–Kier alpha value is -2.21. The molecule has 6 heteroatoms. The van der Waals surface area contributed by atoms with Crippen LogP contribution >= 0.6 is 11.3 Å². The molecule has 120 valence electrons. The van der Waals surface area contributed by atoms with Gasteiger partial charge in [-0.2, -0.15) is 0 Å². The van der Waals surface area contributed by atoms with Crippen LogP contribution < -0.4 is 10.4 Å². The number of aromatic nitrogens is 2. The number of rotatable bonds is 4. The zero-order valence-electron chi connectivity index (χ0n) is 13.6. The van der Waals surface area contributed by atoms with Crippen molar-refractivity contribution in [1.29, 1.82) is 0 Å². The standard InChI is InChI=1S/C17H18N2O3S/c1-5-12-6-13-9(2)10(3)17(20)22-15(13)7-14(12)21-8-16-19-18-11(4)23-16/h6-7H,5,8H2,1-4H3. The molecule has 1 aromatic carbocycles. The first-order valence-corrected chi connectivity index (χ1v) is 8.30. The normalized spacial score (nSPS) is 11.1. The Kier molecular flexibility index (Phi) is 4.17. The van der Waals surface area contributed by atoms with Crippen molar-refractivity contribution in [3.05, 3.63) is 49.3 Å². The number of aryl methyl sites for hydroxylation is 3. The molecule has 0 aliphatic carbocycles. The molecule has 0 fully saturated rings. The maximum atomic E-state index is 11.9. The molecule has 0 saturated carbocycles. The summed E-state index contributed by atoms with van der Waals surface area (Å²) in [7, 11) is 0. The van der Waals surface area contributed by atoms with Crippen molar-refractivity contribution in [1.82, 2.24) is 10.2 Å². The number of fused-ring (bicyclic) bond motifs is 1. The highest BCUT2D eigenvalue weighted by atomic mass is 32.1. The first-order valence-electron chi connectivity index (χ1n) is 7.48. The highest BCUT2D eigenvalue weighted by Crippen LogP contribution is 2.29. The van der Waals surface area contributed by atoms with Gasteiger partial charge in [-0.3, -0.25) is 0 Å². The number of hydrogen-bond acceptors (Lipinski definition) is 6. The minimum Gasteiger partial charge on any atom is -0.486 e. The van der Waals surface area contributed by atoms with Crippen LogP contribution in [0.1, 0.15) is 33.6 Å². The molecule has 0 saturated heterocycles. The summed E-state index contributed by atoms with van der Waals surface area (Å²) < 4.78 is 11.3. The fourth-order valence-corrected chi connectivity index (χ4v) is 3.08. The lowest BCUT2D eigenvalue weighted by atomic mass is 10.0. The highest BCUT2D eigenvalue weighted by molar-refractivity contribution is 7.11. The topological polar surface area (TPSA) is 65.2 Å². The second kappa shape index (κ2) is 6.12. The molecule has 0 amide bonds. The highest BCUT2D eigenvalue weighted by Gasteiger charge is 2.13. The average molecular weight is 330 g/mol. The molecule has 0 N–H and O–H groups in total. The van der Waals surface area contributed by atoms with Crippen LogP contribution in [0, 0.1) is 20.8 Å². The van der Waals surface area contributed by atoms with Gasteiger partial charge in [-0.15, -0.1) is 10.2 Å². The molecule has 3 rings (SSSR count). The van der Waals surface area contributed by atoms with Gasteiger partial charge in [0.05, 0.1) is 0 Å². The van der Waals surface area contributed by atoms with E-state index in [1.165, 1.54) is 11.3 Å². The molecular weight excluding hydrogens is 312 g/mol. The second-order valence-electron chi connectivity index (χ2n) is 5.45. The fraction of sp³-hybridized carbons (Fsp3) is 0.353. The van der Waals surface area contributed by atoms with E-state index in [9.17, 15) is 4.79 Å². The molecule has 0 spiro atoms. The van der Waals surface area contributed by atoms with Crippen LogP contribution in [0.15, 0.2) is 21.3 Å². The third kappa shape index (κ3) is 2.99. The van der Waals surface area contributed by atoms with Crippen molar-refractivity contribution in [2.75, 3.05) is 0 Å². The van der Waals surface area contributed by atoms with Crippen molar-refractivity contribution < 1.29 is 9.15 Å². The first-order chi connectivity index (χ1) is 11.0. The van der Waals surface area contributed by atoms with Gasteiger partial charge >= 0.3 is 5.63 Å². The number of ether oxygens (including phenoxy) is 1. The summed E-state index contributed by atoms with van der Waals surface area (Å²) in [6.45, 7) is 8.07. The van der Waals surface area contributed by atoms with Crippen LogP contribution in [0.2, 0.25) is 0 Å². The summed E-state index contributed by atoms with van der Waals surface area (Å²) in [5.74, 6) is 0.722. The monoisotopic (exact) mass is 330 g/mol. The molecular formula is C17H18N2O3S. The average Bonchev–Trinajstić information content (AvgIpc) is 2.95. The Labute approximate surface area is 137 Å². The zero-order chi connectivity index (χ0) is 16.6. The van der Waals surface area contributed by atoms with Crippen molar-refractivity contribution >= 4 is 22.3 Å². The lowest BCUT2D eigenvalue weighted by Gasteiger charge is -2.12. The molecule has 0 unspecified atom stereocenters. The molecule has 0 aliphatic rings. The van der Waals surface area contributed by atoms with Gasteiger partial charge in [0.1, 0.15) is 22.9 Å². The van der Waals surface area contributed by atoms with E-state index in [0.29, 0.717) is 17.8 Å². The van der Waals surface area contributed by atoms with E-state index in [1.807, 2.05) is 19.9 Å². The molecule has 0 radical (unpaired) electrons. The molecule has 2 heterocycles. The van der Waals surface area contributed by atoms with E-state index in [-0.39, 0.29) is 5.63 Å². The Balaban J connectivity index is 2.02. The van der Waals surface area contributed by atoms with E-state index in [4.69, 9.17) is 9.15 Å². The Morgan fingerprint density at radius 3 is 2.61 bits per heavy atom. The minimum atomic E-state index is -0.301. The second-order valence-corrected chi connectivity index (χ2v) is 6.72. The SMILES string of the molecule is CCc1cc2c(C)c(C)c(=O)oc2cc1OCc1nnc(C)s1. The quantitative estimate of drug-likeness (QED) is 0.682. The Morgan fingerprint density at radius 1 is 1.17 bits per heavy atom. The van der Waals surface area contributed by atoms with Gasteiger partial charge in [0.15, 0.2) is 5.01 Å². The lowest BCUT2D eigenvalue weighted by molar-refractivity contribution is 0.301. The summed E-state index contributed by atoms with van der Waals surface area (Å²) >= 11 is 1.51. The fourth-order valence-electron chi connectivity index (χ4n) is 2.46. The summed E-state index contributed by atoms with van der Waals surface area (Å²) in [5.41, 5.74) is 2.94. The van der Waals surface area contributed by atoms with Crippen LogP contribution in [0.3, 0.4) is 0 Å². The minimum absolute atomic E-state index is 0.301. The van der Waals surface area contributed by atoms with Crippen LogP contribution in [0.4, 0.5) is 0 Å². The molecule has 23 heavy (non-hydrogen) atoms. The molecule has 2 aromatic heterocycles. The Morgan fingerprint density at radius 2 is 1.96 bits per heavy atom. The van der Waals surface area contributed by atoms with E-state index < -0.39 is 0 Å². The maximum absolute atomic E-state index is 11.9. The van der Waals surface area contributed by atoms with E-state index in [0.717, 1.165) is 38.7 Å². The Bertz CT molecular complexity index is 927. The van der Waals surface area contributed by atoms with E-state index in [1.54, 1.807) is 13.0 Å². The van der Waals surface area contributed by atoms with Gasteiger partial charge in [-0.05, 0) is 44.4 Å². The van der Waals surface area contributed by atoms with Crippen molar-refractivity contribution in [2.45, 2.75) is 40.7 Å². The first kappa shape index (κ1) is 15.7. The van der Waals surface area contributed by atoms with Gasteiger partial charge in [0.25, 0.3) is 0 Å². The number of hydrogen-bond donors (Lipinski definition) is 0. The molecule has 0 atom stereocenters. The van der Waals surface area contributed by atoms with Crippen LogP contribution in [-0.2, 0) is 13.0 Å². The zero-order valence-corrected chi connectivity index (χ0v) is 14.4.